The number of amides is 1. The van der Waals surface area contributed by atoms with E-state index >= 15 is 0 Å². The lowest BCUT2D eigenvalue weighted by atomic mass is 10.1. The number of H-pyrrole nitrogens is 1. The first kappa shape index (κ1) is 17.8. The van der Waals surface area contributed by atoms with Gasteiger partial charge in [0.2, 0.25) is 6.10 Å². The number of aryl methyl sites for hydroxylation is 1. The second-order valence-electron chi connectivity index (χ2n) is 5.78. The first-order chi connectivity index (χ1) is 12.5. The first-order valence-electron chi connectivity index (χ1n) is 8.00. The third-order valence-electron chi connectivity index (χ3n) is 3.75. The standard InChI is InChI=1S/C20H17ClN2O3/c1-13-7-9-16(10-8-13)23-19(24)18(14-5-3-2-4-6-14)26-20(25)17-11-15(21)12-22-17/h2-12,18,22H,1H3,(H,23,24). The molecule has 26 heavy (non-hydrogen) atoms. The summed E-state index contributed by atoms with van der Waals surface area (Å²) in [5.41, 5.74) is 2.46. The van der Waals surface area contributed by atoms with Crippen LogP contribution in [-0.4, -0.2) is 16.9 Å². The number of carbonyl (C=O) groups is 2. The number of carbonyl (C=O) groups excluding carboxylic acids is 2. The molecule has 2 aromatic carbocycles. The van der Waals surface area contributed by atoms with Crippen molar-refractivity contribution < 1.29 is 14.3 Å². The Kier molecular flexibility index (Phi) is 5.39. The van der Waals surface area contributed by atoms with Crippen molar-refractivity contribution in [1.29, 1.82) is 0 Å². The van der Waals surface area contributed by atoms with Gasteiger partial charge in [-0.3, -0.25) is 4.79 Å². The predicted octanol–water partition coefficient (Wildman–Crippen LogP) is 4.51. The van der Waals surface area contributed by atoms with Crippen molar-refractivity contribution >= 4 is 29.2 Å². The van der Waals surface area contributed by atoms with Gasteiger partial charge in [0, 0.05) is 17.4 Å². The summed E-state index contributed by atoms with van der Waals surface area (Å²) >= 11 is 5.82. The number of halogens is 1. The topological polar surface area (TPSA) is 71.2 Å². The van der Waals surface area contributed by atoms with Gasteiger partial charge in [0.25, 0.3) is 5.91 Å². The van der Waals surface area contributed by atoms with Crippen LogP contribution in [0.4, 0.5) is 5.69 Å². The van der Waals surface area contributed by atoms with Gasteiger partial charge in [-0.1, -0.05) is 59.6 Å². The number of rotatable bonds is 5. The molecule has 0 fully saturated rings. The molecular weight excluding hydrogens is 352 g/mol. The Morgan fingerprint density at radius 3 is 2.38 bits per heavy atom. The van der Waals surface area contributed by atoms with Gasteiger partial charge >= 0.3 is 5.97 Å². The number of aromatic amines is 1. The number of anilines is 1. The van der Waals surface area contributed by atoms with E-state index in [0.29, 0.717) is 16.3 Å². The van der Waals surface area contributed by atoms with Gasteiger partial charge in [-0.25, -0.2) is 4.79 Å². The maximum Gasteiger partial charge on any atom is 0.355 e. The van der Waals surface area contributed by atoms with E-state index in [2.05, 4.69) is 10.3 Å². The molecule has 1 atom stereocenters. The van der Waals surface area contributed by atoms with Gasteiger partial charge in [-0.05, 0) is 25.1 Å². The average molecular weight is 369 g/mol. The molecule has 1 unspecified atom stereocenters. The number of aromatic nitrogens is 1. The maximum absolute atomic E-state index is 12.7. The third kappa shape index (κ3) is 4.32. The molecule has 0 bridgehead atoms. The molecule has 3 rings (SSSR count). The van der Waals surface area contributed by atoms with E-state index in [9.17, 15) is 9.59 Å². The van der Waals surface area contributed by atoms with Crippen LogP contribution >= 0.6 is 11.6 Å². The molecule has 0 aliphatic heterocycles. The highest BCUT2D eigenvalue weighted by Crippen LogP contribution is 2.22. The maximum atomic E-state index is 12.7. The van der Waals surface area contributed by atoms with Crippen molar-refractivity contribution in [2.45, 2.75) is 13.0 Å². The highest BCUT2D eigenvalue weighted by molar-refractivity contribution is 6.30. The highest BCUT2D eigenvalue weighted by atomic mass is 35.5. The van der Waals surface area contributed by atoms with Crippen molar-refractivity contribution in [2.24, 2.45) is 0 Å². The Morgan fingerprint density at radius 2 is 1.77 bits per heavy atom. The summed E-state index contributed by atoms with van der Waals surface area (Å²) in [6.07, 6.45) is 0.384. The van der Waals surface area contributed by atoms with Gasteiger partial charge < -0.3 is 15.0 Å². The number of hydrogen-bond donors (Lipinski definition) is 2. The first-order valence-corrected chi connectivity index (χ1v) is 8.38. The van der Waals surface area contributed by atoms with Crippen LogP contribution in [0.1, 0.15) is 27.7 Å². The molecule has 5 nitrogen and oxygen atoms in total. The molecule has 2 N–H and O–H groups in total. The van der Waals surface area contributed by atoms with Crippen LogP contribution in [0.25, 0.3) is 0 Å². The van der Waals surface area contributed by atoms with E-state index in [-0.39, 0.29) is 5.69 Å². The largest absolute Gasteiger partial charge is 0.443 e. The zero-order chi connectivity index (χ0) is 18.5. The summed E-state index contributed by atoms with van der Waals surface area (Å²) in [5.74, 6) is -1.10. The highest BCUT2D eigenvalue weighted by Gasteiger charge is 2.26. The molecule has 0 aliphatic carbocycles. The van der Waals surface area contributed by atoms with E-state index in [1.807, 2.05) is 25.1 Å². The van der Waals surface area contributed by atoms with Crippen LogP contribution in [0.5, 0.6) is 0 Å². The van der Waals surface area contributed by atoms with Crippen LogP contribution in [0.3, 0.4) is 0 Å². The fraction of sp³-hybridized carbons (Fsp3) is 0.100. The smallest absolute Gasteiger partial charge is 0.355 e. The fourth-order valence-electron chi connectivity index (χ4n) is 2.40. The quantitative estimate of drug-likeness (QED) is 0.651. The number of ether oxygens (including phenoxy) is 1. The van der Waals surface area contributed by atoms with Crippen LogP contribution in [0.2, 0.25) is 5.02 Å². The zero-order valence-electron chi connectivity index (χ0n) is 14.0. The summed E-state index contributed by atoms with van der Waals surface area (Å²) in [6, 6.07) is 17.7. The van der Waals surface area contributed by atoms with Crippen molar-refractivity contribution in [2.75, 3.05) is 5.32 Å². The number of benzene rings is 2. The van der Waals surface area contributed by atoms with Crippen LogP contribution < -0.4 is 5.32 Å². The third-order valence-corrected chi connectivity index (χ3v) is 3.97. The molecule has 0 radical (unpaired) electrons. The SMILES string of the molecule is Cc1ccc(NC(=O)C(OC(=O)c2cc(Cl)c[nH]2)c2ccccc2)cc1. The fourth-order valence-corrected chi connectivity index (χ4v) is 2.57. The minimum atomic E-state index is -1.09. The van der Waals surface area contributed by atoms with E-state index in [4.69, 9.17) is 16.3 Å². The molecule has 6 heteroatoms. The average Bonchev–Trinajstić information content (AvgIpc) is 3.08. The molecule has 0 saturated heterocycles. The molecule has 3 aromatic rings. The predicted molar refractivity (Wildman–Crippen MR) is 100 cm³/mol. The molecule has 1 heterocycles. The second kappa shape index (κ2) is 7.89. The van der Waals surface area contributed by atoms with E-state index in [1.54, 1.807) is 36.4 Å². The normalized spacial score (nSPS) is 11.6. The van der Waals surface area contributed by atoms with Gasteiger partial charge in [0.05, 0.1) is 5.02 Å². The summed E-state index contributed by atoms with van der Waals surface area (Å²) < 4.78 is 5.45. The Morgan fingerprint density at radius 1 is 1.08 bits per heavy atom. The number of esters is 1. The Labute approximate surface area is 156 Å². The molecule has 1 amide bonds. The lowest BCUT2D eigenvalue weighted by Gasteiger charge is -2.18. The molecule has 0 aliphatic rings. The van der Waals surface area contributed by atoms with E-state index < -0.39 is 18.0 Å². The van der Waals surface area contributed by atoms with Gasteiger partial charge in [-0.2, -0.15) is 0 Å². The van der Waals surface area contributed by atoms with Gasteiger partial charge in [-0.15, -0.1) is 0 Å². The second-order valence-corrected chi connectivity index (χ2v) is 6.22. The summed E-state index contributed by atoms with van der Waals surface area (Å²) in [7, 11) is 0. The molecule has 0 spiro atoms. The lowest BCUT2D eigenvalue weighted by molar-refractivity contribution is -0.125. The molecule has 0 saturated carbocycles. The lowest BCUT2D eigenvalue weighted by Crippen LogP contribution is -2.26. The van der Waals surface area contributed by atoms with Crippen LogP contribution in [0.15, 0.2) is 66.9 Å². The van der Waals surface area contributed by atoms with Crippen molar-refractivity contribution in [3.05, 3.63) is 88.7 Å². The molecule has 1 aromatic heterocycles. The van der Waals surface area contributed by atoms with Crippen molar-refractivity contribution in [3.8, 4) is 0 Å². The van der Waals surface area contributed by atoms with Crippen LogP contribution in [0, 0.1) is 6.92 Å². The number of nitrogens with one attached hydrogen (secondary N) is 2. The minimum absolute atomic E-state index is 0.180. The van der Waals surface area contributed by atoms with Crippen molar-refractivity contribution in [3.63, 3.8) is 0 Å². The van der Waals surface area contributed by atoms with Gasteiger partial charge in [0.1, 0.15) is 5.69 Å². The summed E-state index contributed by atoms with van der Waals surface area (Å²) in [6.45, 7) is 1.96. The Hall–Kier alpha value is -3.05. The Balaban J connectivity index is 1.82. The molecular formula is C20H17ClN2O3. The number of hydrogen-bond acceptors (Lipinski definition) is 3. The monoisotopic (exact) mass is 368 g/mol. The van der Waals surface area contributed by atoms with Crippen LogP contribution in [-0.2, 0) is 9.53 Å². The van der Waals surface area contributed by atoms with E-state index in [1.165, 1.54) is 12.3 Å². The van der Waals surface area contributed by atoms with Crippen molar-refractivity contribution in [1.82, 2.24) is 4.98 Å². The molecule has 132 valence electrons. The zero-order valence-corrected chi connectivity index (χ0v) is 14.8. The Bertz CT molecular complexity index is 904. The summed E-state index contributed by atoms with van der Waals surface area (Å²) in [4.78, 5) is 27.8. The summed E-state index contributed by atoms with van der Waals surface area (Å²) in [5, 5.41) is 3.16. The van der Waals surface area contributed by atoms with Gasteiger partial charge in [0.15, 0.2) is 0 Å². The minimum Gasteiger partial charge on any atom is -0.443 e. The van der Waals surface area contributed by atoms with E-state index in [0.717, 1.165) is 5.56 Å².